The highest BCUT2D eigenvalue weighted by molar-refractivity contribution is 7.80. The number of amides is 1. The molecule has 1 amide bonds. The van der Waals surface area contributed by atoms with Crippen molar-refractivity contribution < 1.29 is 19.4 Å². The predicted octanol–water partition coefficient (Wildman–Crippen LogP) is 4.45. The number of anilines is 1. The average Bonchev–Trinajstić information content (AvgIpc) is 3.02. The van der Waals surface area contributed by atoms with Gasteiger partial charge in [-0.15, -0.1) is 0 Å². The number of likely N-dealkylation sites (N-methyl/N-ethyl adjacent to an activating group) is 1. The maximum absolute atomic E-state index is 13.2. The Labute approximate surface area is 191 Å². The summed E-state index contributed by atoms with van der Waals surface area (Å²) in [5, 5.41) is 9.33. The van der Waals surface area contributed by atoms with Gasteiger partial charge < -0.3 is 19.5 Å². The Hall–Kier alpha value is -3.68. The molecule has 32 heavy (non-hydrogen) atoms. The Morgan fingerprint density at radius 2 is 1.62 bits per heavy atom. The van der Waals surface area contributed by atoms with Crippen molar-refractivity contribution in [3.63, 3.8) is 0 Å². The highest BCUT2D eigenvalue weighted by Crippen LogP contribution is 2.30. The number of para-hydroxylation sites is 1. The minimum Gasteiger partial charge on any atom is -0.491 e. The van der Waals surface area contributed by atoms with E-state index in [0.717, 1.165) is 11.3 Å². The van der Waals surface area contributed by atoms with Crippen LogP contribution in [0.5, 0.6) is 17.2 Å². The molecule has 1 saturated heterocycles. The molecular formula is C25H22N2O4S. The van der Waals surface area contributed by atoms with Crippen molar-refractivity contribution in [1.29, 1.82) is 0 Å². The molecule has 4 rings (SSSR count). The van der Waals surface area contributed by atoms with Crippen molar-refractivity contribution in [2.24, 2.45) is 0 Å². The maximum Gasteiger partial charge on any atom is 0.281 e. The monoisotopic (exact) mass is 446 g/mol. The van der Waals surface area contributed by atoms with Gasteiger partial charge in [-0.25, -0.2) is 0 Å². The Balaban J connectivity index is 1.54. The number of carbonyl (C=O) groups excluding carboxylic acids is 1. The molecule has 3 aromatic carbocycles. The van der Waals surface area contributed by atoms with Gasteiger partial charge in [0, 0.05) is 7.05 Å². The second-order valence-corrected chi connectivity index (χ2v) is 7.43. The summed E-state index contributed by atoms with van der Waals surface area (Å²) in [4.78, 5) is 16.4. The van der Waals surface area contributed by atoms with Gasteiger partial charge in [0.25, 0.3) is 5.91 Å². The average molecular weight is 447 g/mol. The molecule has 0 aromatic heterocycles. The first-order valence-corrected chi connectivity index (χ1v) is 10.5. The number of rotatable bonds is 7. The summed E-state index contributed by atoms with van der Waals surface area (Å²) < 4.78 is 11.3. The number of carbonyl (C=O) groups is 1. The molecule has 1 aliphatic rings. The van der Waals surface area contributed by atoms with E-state index < -0.39 is 0 Å². The van der Waals surface area contributed by atoms with Crippen molar-refractivity contribution in [1.82, 2.24) is 4.90 Å². The van der Waals surface area contributed by atoms with Crippen molar-refractivity contribution in [3.8, 4) is 17.2 Å². The van der Waals surface area contributed by atoms with Crippen LogP contribution in [0.15, 0.2) is 84.6 Å². The van der Waals surface area contributed by atoms with E-state index in [0.29, 0.717) is 28.0 Å². The fourth-order valence-electron chi connectivity index (χ4n) is 3.29. The molecule has 0 unspecified atom stereocenters. The lowest BCUT2D eigenvalue weighted by Crippen LogP contribution is -2.31. The molecule has 7 heteroatoms. The lowest BCUT2D eigenvalue weighted by atomic mass is 10.1. The predicted molar refractivity (Wildman–Crippen MR) is 128 cm³/mol. The fourth-order valence-corrected chi connectivity index (χ4v) is 3.57. The molecule has 0 spiro atoms. The number of aliphatic hydroxyl groups excluding tert-OH is 1. The van der Waals surface area contributed by atoms with E-state index in [9.17, 15) is 4.79 Å². The standard InChI is InChI=1S/C25H22N2O4S/c1-26-23(17-18-6-5-9-22(16-18)30-15-14-28)24(29)27(25(26)32)19-10-12-21(13-11-19)31-20-7-3-2-4-8-20/h2-13,16-17,28H,14-15H2,1H3. The van der Waals surface area contributed by atoms with Crippen LogP contribution in [0.2, 0.25) is 0 Å². The van der Waals surface area contributed by atoms with Crippen LogP contribution in [-0.2, 0) is 4.79 Å². The van der Waals surface area contributed by atoms with Crippen LogP contribution >= 0.6 is 12.2 Å². The first-order chi connectivity index (χ1) is 15.6. The maximum atomic E-state index is 13.2. The molecule has 0 atom stereocenters. The molecule has 1 fully saturated rings. The van der Waals surface area contributed by atoms with Gasteiger partial charge in [-0.05, 0) is 72.4 Å². The van der Waals surface area contributed by atoms with Crippen LogP contribution in [-0.4, -0.2) is 41.3 Å². The smallest absolute Gasteiger partial charge is 0.281 e. The van der Waals surface area contributed by atoms with E-state index in [4.69, 9.17) is 26.8 Å². The van der Waals surface area contributed by atoms with Gasteiger partial charge in [-0.1, -0.05) is 30.3 Å². The van der Waals surface area contributed by atoms with Crippen LogP contribution in [0.3, 0.4) is 0 Å². The lowest BCUT2D eigenvalue weighted by Gasteiger charge is -2.17. The molecule has 162 valence electrons. The van der Waals surface area contributed by atoms with Crippen LogP contribution in [0.25, 0.3) is 6.08 Å². The lowest BCUT2D eigenvalue weighted by molar-refractivity contribution is -0.114. The zero-order valence-electron chi connectivity index (χ0n) is 17.5. The molecular weight excluding hydrogens is 424 g/mol. The second kappa shape index (κ2) is 9.64. The van der Waals surface area contributed by atoms with Crippen LogP contribution in [0.1, 0.15) is 5.56 Å². The number of thiocarbonyl (C=S) groups is 1. The van der Waals surface area contributed by atoms with Gasteiger partial charge >= 0.3 is 0 Å². The Kier molecular flexibility index (Phi) is 6.49. The van der Waals surface area contributed by atoms with Gasteiger partial charge in [0.05, 0.1) is 12.3 Å². The quantitative estimate of drug-likeness (QED) is 0.427. The van der Waals surface area contributed by atoms with Crippen LogP contribution < -0.4 is 14.4 Å². The highest BCUT2D eigenvalue weighted by Gasteiger charge is 2.36. The summed E-state index contributed by atoms with van der Waals surface area (Å²) in [5.74, 6) is 1.82. The zero-order chi connectivity index (χ0) is 22.5. The number of ether oxygens (including phenoxy) is 2. The summed E-state index contributed by atoms with van der Waals surface area (Å²) >= 11 is 5.54. The summed E-state index contributed by atoms with van der Waals surface area (Å²) in [6.07, 6.45) is 1.77. The van der Waals surface area contributed by atoms with E-state index in [1.54, 1.807) is 24.1 Å². The summed E-state index contributed by atoms with van der Waals surface area (Å²) in [5.41, 5.74) is 1.92. The third-order valence-electron chi connectivity index (χ3n) is 4.86. The molecule has 0 radical (unpaired) electrons. The van der Waals surface area contributed by atoms with Gasteiger partial charge in [0.2, 0.25) is 0 Å². The van der Waals surface area contributed by atoms with Crippen molar-refractivity contribution in [2.45, 2.75) is 0 Å². The molecule has 1 N–H and O–H groups in total. The second-order valence-electron chi connectivity index (χ2n) is 7.07. The van der Waals surface area contributed by atoms with Gasteiger partial charge in [-0.3, -0.25) is 9.69 Å². The molecule has 1 aliphatic heterocycles. The normalized spacial score (nSPS) is 14.9. The van der Waals surface area contributed by atoms with E-state index >= 15 is 0 Å². The van der Waals surface area contributed by atoms with E-state index in [1.165, 1.54) is 4.90 Å². The highest BCUT2D eigenvalue weighted by atomic mass is 32.1. The van der Waals surface area contributed by atoms with E-state index in [1.807, 2.05) is 72.8 Å². The molecule has 6 nitrogen and oxygen atoms in total. The van der Waals surface area contributed by atoms with Gasteiger partial charge in [0.15, 0.2) is 5.11 Å². The zero-order valence-corrected chi connectivity index (χ0v) is 18.3. The molecule has 1 heterocycles. The Bertz CT molecular complexity index is 1150. The van der Waals surface area contributed by atoms with Crippen molar-refractivity contribution in [2.75, 3.05) is 25.2 Å². The fraction of sp³-hybridized carbons (Fsp3) is 0.120. The van der Waals surface area contributed by atoms with Crippen LogP contribution in [0.4, 0.5) is 5.69 Å². The third-order valence-corrected chi connectivity index (χ3v) is 5.31. The van der Waals surface area contributed by atoms with Gasteiger partial charge in [-0.2, -0.15) is 0 Å². The van der Waals surface area contributed by atoms with Crippen molar-refractivity contribution >= 4 is 35.0 Å². The number of aliphatic hydroxyl groups is 1. The summed E-state index contributed by atoms with van der Waals surface area (Å²) in [6, 6.07) is 24.0. The minimum atomic E-state index is -0.212. The van der Waals surface area contributed by atoms with Crippen LogP contribution in [0, 0.1) is 0 Å². The number of benzene rings is 3. The number of hydrogen-bond donors (Lipinski definition) is 1. The Morgan fingerprint density at radius 3 is 2.34 bits per heavy atom. The number of hydrogen-bond acceptors (Lipinski definition) is 5. The van der Waals surface area contributed by atoms with Crippen molar-refractivity contribution in [3.05, 3.63) is 90.1 Å². The molecule has 0 aliphatic carbocycles. The minimum absolute atomic E-state index is 0.0645. The first kappa shape index (κ1) is 21.5. The van der Waals surface area contributed by atoms with E-state index in [-0.39, 0.29) is 19.1 Å². The summed E-state index contributed by atoms with van der Waals surface area (Å²) in [6.45, 7) is 0.144. The largest absolute Gasteiger partial charge is 0.491 e. The number of nitrogens with zero attached hydrogens (tertiary/aromatic N) is 2. The Morgan fingerprint density at radius 1 is 0.938 bits per heavy atom. The SMILES string of the molecule is CN1C(=S)N(c2ccc(Oc3ccccc3)cc2)C(=O)C1=Cc1cccc(OCCO)c1. The van der Waals surface area contributed by atoms with E-state index in [2.05, 4.69) is 0 Å². The topological polar surface area (TPSA) is 62.2 Å². The molecule has 0 saturated carbocycles. The first-order valence-electron chi connectivity index (χ1n) is 10.1. The molecule has 3 aromatic rings. The van der Waals surface area contributed by atoms with Gasteiger partial charge in [0.1, 0.15) is 29.6 Å². The summed E-state index contributed by atoms with van der Waals surface area (Å²) in [7, 11) is 1.77. The molecule has 0 bridgehead atoms. The third kappa shape index (κ3) is 4.64.